The van der Waals surface area contributed by atoms with Crippen LogP contribution in [0.4, 0.5) is 4.39 Å². The van der Waals surface area contributed by atoms with Gasteiger partial charge in [0.2, 0.25) is 0 Å². The fourth-order valence-electron chi connectivity index (χ4n) is 3.39. The van der Waals surface area contributed by atoms with Gasteiger partial charge in [0.1, 0.15) is 5.82 Å². The molecule has 33 heavy (non-hydrogen) atoms. The summed E-state index contributed by atoms with van der Waals surface area (Å²) in [5.41, 5.74) is 1.56. The molecule has 168 valence electrons. The van der Waals surface area contributed by atoms with Gasteiger partial charge in [0.05, 0.1) is 37.4 Å². The van der Waals surface area contributed by atoms with Crippen LogP contribution in [0.1, 0.15) is 15.9 Å². The van der Waals surface area contributed by atoms with E-state index in [2.05, 4.69) is 4.98 Å². The number of benzene rings is 3. The Balaban J connectivity index is 1.65. The molecular weight excluding hydrogens is 443 g/mol. The van der Waals surface area contributed by atoms with Crippen molar-refractivity contribution < 1.29 is 18.7 Å². The quantitative estimate of drug-likeness (QED) is 0.216. The Morgan fingerprint density at radius 1 is 1.00 bits per heavy atom. The van der Waals surface area contributed by atoms with Crippen LogP contribution in [-0.4, -0.2) is 35.3 Å². The van der Waals surface area contributed by atoms with Crippen LogP contribution in [0, 0.1) is 5.82 Å². The molecule has 0 spiro atoms. The van der Waals surface area contributed by atoms with Gasteiger partial charge in [0.15, 0.2) is 22.4 Å². The van der Waals surface area contributed by atoms with Crippen molar-refractivity contribution in [1.82, 2.24) is 9.55 Å². The molecule has 0 bridgehead atoms. The first-order valence-electron chi connectivity index (χ1n) is 10.1. The van der Waals surface area contributed by atoms with Crippen LogP contribution >= 0.6 is 11.8 Å². The lowest BCUT2D eigenvalue weighted by Crippen LogP contribution is -2.24. The fourth-order valence-corrected chi connectivity index (χ4v) is 4.29. The molecule has 1 aromatic heterocycles. The summed E-state index contributed by atoms with van der Waals surface area (Å²) >= 11 is 1.18. The fraction of sp³-hybridized carbons (Fsp3) is 0.160. The van der Waals surface area contributed by atoms with Crippen molar-refractivity contribution in [3.05, 3.63) is 94.0 Å². The van der Waals surface area contributed by atoms with Crippen LogP contribution in [0.15, 0.2) is 76.7 Å². The number of hydrogen-bond acceptors (Lipinski definition) is 6. The number of Topliss-reactive ketones (excluding diaryl/α,β-unsaturated/α-hetero) is 1. The van der Waals surface area contributed by atoms with E-state index in [1.807, 2.05) is 6.07 Å². The summed E-state index contributed by atoms with van der Waals surface area (Å²) in [4.78, 5) is 30.7. The molecule has 0 atom stereocenters. The minimum atomic E-state index is -0.349. The van der Waals surface area contributed by atoms with Gasteiger partial charge in [0.25, 0.3) is 5.56 Å². The van der Waals surface area contributed by atoms with E-state index in [4.69, 9.17) is 9.47 Å². The summed E-state index contributed by atoms with van der Waals surface area (Å²) in [7, 11) is 3.04. The maximum Gasteiger partial charge on any atom is 0.262 e. The molecule has 0 fully saturated rings. The highest BCUT2D eigenvalue weighted by atomic mass is 32.2. The van der Waals surface area contributed by atoms with E-state index in [1.54, 1.807) is 48.5 Å². The molecule has 3 aromatic carbocycles. The SMILES string of the molecule is COc1ccc(C(=O)CSc2nc3ccccc3c(=O)n2Cc2ccc(F)cc2)cc1OC. The molecule has 6 nitrogen and oxygen atoms in total. The van der Waals surface area contributed by atoms with Crippen LogP contribution in [0.2, 0.25) is 0 Å². The number of para-hydroxylation sites is 1. The number of hydrogen-bond donors (Lipinski definition) is 0. The number of fused-ring (bicyclic) bond motifs is 1. The number of rotatable bonds is 8. The zero-order valence-corrected chi connectivity index (χ0v) is 18.9. The standard InChI is InChI=1S/C25H21FN2O4S/c1-31-22-12-9-17(13-23(22)32-2)21(29)15-33-25-27-20-6-4-3-5-19(20)24(30)28(25)14-16-7-10-18(26)11-8-16/h3-13H,14-15H2,1-2H3. The highest BCUT2D eigenvalue weighted by molar-refractivity contribution is 7.99. The van der Waals surface area contributed by atoms with Gasteiger partial charge in [-0.3, -0.25) is 14.2 Å². The van der Waals surface area contributed by atoms with Crippen LogP contribution in [0.5, 0.6) is 11.5 Å². The Labute approximate surface area is 194 Å². The van der Waals surface area contributed by atoms with Gasteiger partial charge in [0, 0.05) is 5.56 Å². The van der Waals surface area contributed by atoms with Crippen LogP contribution in [-0.2, 0) is 6.54 Å². The first kappa shape index (κ1) is 22.5. The second-order valence-corrected chi connectivity index (χ2v) is 8.15. The molecule has 4 aromatic rings. The maximum absolute atomic E-state index is 13.3. The lowest BCUT2D eigenvalue weighted by atomic mass is 10.1. The molecule has 0 amide bonds. The largest absolute Gasteiger partial charge is 0.493 e. The average Bonchev–Trinajstić information content (AvgIpc) is 2.85. The molecular formula is C25H21FN2O4S. The van der Waals surface area contributed by atoms with Gasteiger partial charge in [-0.05, 0) is 48.0 Å². The van der Waals surface area contributed by atoms with E-state index < -0.39 is 0 Å². The van der Waals surface area contributed by atoms with Gasteiger partial charge in [-0.25, -0.2) is 9.37 Å². The molecule has 0 aliphatic carbocycles. The smallest absolute Gasteiger partial charge is 0.262 e. The topological polar surface area (TPSA) is 70.4 Å². The molecule has 0 aliphatic rings. The van der Waals surface area contributed by atoms with E-state index in [0.717, 1.165) is 5.56 Å². The Morgan fingerprint density at radius 3 is 2.45 bits per heavy atom. The number of aromatic nitrogens is 2. The van der Waals surface area contributed by atoms with Crippen molar-refractivity contribution in [2.45, 2.75) is 11.7 Å². The first-order chi connectivity index (χ1) is 16.0. The molecule has 0 N–H and O–H groups in total. The first-order valence-corrected chi connectivity index (χ1v) is 11.1. The van der Waals surface area contributed by atoms with Crippen LogP contribution in [0.25, 0.3) is 10.9 Å². The predicted molar refractivity (Wildman–Crippen MR) is 126 cm³/mol. The Morgan fingerprint density at radius 2 is 1.73 bits per heavy atom. The van der Waals surface area contributed by atoms with Gasteiger partial charge < -0.3 is 9.47 Å². The van der Waals surface area contributed by atoms with E-state index in [1.165, 1.54) is 42.7 Å². The average molecular weight is 465 g/mol. The number of ether oxygens (including phenoxy) is 2. The second-order valence-electron chi connectivity index (χ2n) is 7.21. The lowest BCUT2D eigenvalue weighted by molar-refractivity contribution is 0.102. The minimum absolute atomic E-state index is 0.0731. The van der Waals surface area contributed by atoms with Gasteiger partial charge in [-0.15, -0.1) is 0 Å². The Kier molecular flexibility index (Phi) is 6.74. The van der Waals surface area contributed by atoms with E-state index in [9.17, 15) is 14.0 Å². The van der Waals surface area contributed by atoms with Crippen LogP contribution in [0.3, 0.4) is 0 Å². The summed E-state index contributed by atoms with van der Waals surface area (Å²) < 4.78 is 25.3. The third kappa shape index (κ3) is 4.90. The van der Waals surface area contributed by atoms with E-state index in [-0.39, 0.29) is 29.5 Å². The number of methoxy groups -OCH3 is 2. The zero-order chi connectivity index (χ0) is 23.4. The normalized spacial score (nSPS) is 10.9. The third-order valence-electron chi connectivity index (χ3n) is 5.12. The molecule has 1 heterocycles. The number of halogens is 1. The van der Waals surface area contributed by atoms with E-state index >= 15 is 0 Å². The maximum atomic E-state index is 13.3. The van der Waals surface area contributed by atoms with Gasteiger partial charge in [-0.2, -0.15) is 0 Å². The summed E-state index contributed by atoms with van der Waals surface area (Å²) in [6, 6.07) is 18.0. The second kappa shape index (κ2) is 9.87. The number of carbonyl (C=O) groups excluding carboxylic acids is 1. The van der Waals surface area contributed by atoms with Crippen molar-refractivity contribution >= 4 is 28.4 Å². The van der Waals surface area contributed by atoms with Crippen molar-refractivity contribution in [1.29, 1.82) is 0 Å². The van der Waals surface area contributed by atoms with E-state index in [0.29, 0.717) is 33.1 Å². The predicted octanol–water partition coefficient (Wildman–Crippen LogP) is 4.58. The molecule has 0 aliphatic heterocycles. The monoisotopic (exact) mass is 464 g/mol. The van der Waals surface area contributed by atoms with Gasteiger partial charge in [-0.1, -0.05) is 36.0 Å². The Hall–Kier alpha value is -3.65. The highest BCUT2D eigenvalue weighted by Crippen LogP contribution is 2.28. The summed E-state index contributed by atoms with van der Waals surface area (Å²) in [6.45, 7) is 0.212. The van der Waals surface area contributed by atoms with Crippen molar-refractivity contribution in [2.75, 3.05) is 20.0 Å². The number of ketones is 1. The molecule has 0 saturated heterocycles. The minimum Gasteiger partial charge on any atom is -0.493 e. The number of carbonyl (C=O) groups is 1. The highest BCUT2D eigenvalue weighted by Gasteiger charge is 2.16. The molecule has 8 heteroatoms. The Bertz CT molecular complexity index is 1370. The summed E-state index contributed by atoms with van der Waals surface area (Å²) in [5.74, 6) is 0.579. The molecule has 4 rings (SSSR count). The molecule has 0 unspecified atom stereocenters. The third-order valence-corrected chi connectivity index (χ3v) is 6.09. The summed E-state index contributed by atoms with van der Waals surface area (Å²) in [6.07, 6.45) is 0. The molecule has 0 radical (unpaired) electrons. The lowest BCUT2D eigenvalue weighted by Gasteiger charge is -2.13. The number of thioether (sulfide) groups is 1. The van der Waals surface area contributed by atoms with Crippen molar-refractivity contribution in [3.8, 4) is 11.5 Å². The van der Waals surface area contributed by atoms with Crippen molar-refractivity contribution in [3.63, 3.8) is 0 Å². The van der Waals surface area contributed by atoms with Gasteiger partial charge >= 0.3 is 0 Å². The molecule has 0 saturated carbocycles. The van der Waals surface area contributed by atoms with Crippen molar-refractivity contribution in [2.24, 2.45) is 0 Å². The zero-order valence-electron chi connectivity index (χ0n) is 18.1. The van der Waals surface area contributed by atoms with Crippen LogP contribution < -0.4 is 15.0 Å². The summed E-state index contributed by atoms with van der Waals surface area (Å²) in [5, 5.41) is 0.895. The number of nitrogens with zero attached hydrogens (tertiary/aromatic N) is 2.